The highest BCUT2D eigenvalue weighted by atomic mass is 16.7. The number of Topliss-reactive ketones (excluding diaryl/α,β-unsaturated/α-hetero) is 1. The van der Waals surface area contributed by atoms with Gasteiger partial charge in [-0.25, -0.2) is 9.59 Å². The van der Waals surface area contributed by atoms with Crippen molar-refractivity contribution in [2.24, 2.45) is 0 Å². The van der Waals surface area contributed by atoms with Gasteiger partial charge in [0.1, 0.15) is 6.54 Å². The van der Waals surface area contributed by atoms with Gasteiger partial charge in [-0.15, -0.1) is 5.06 Å². The molecule has 2 heterocycles. The Kier molecular flexibility index (Phi) is 4.90. The van der Waals surface area contributed by atoms with Gasteiger partial charge in [-0.1, -0.05) is 0 Å². The Morgan fingerprint density at radius 3 is 1.83 bits per heavy atom. The summed E-state index contributed by atoms with van der Waals surface area (Å²) in [5.41, 5.74) is 0. The van der Waals surface area contributed by atoms with Crippen LogP contribution in [0.4, 0.5) is 0 Å². The second-order valence-electron chi connectivity index (χ2n) is 4.94. The zero-order chi connectivity index (χ0) is 18.0. The number of aliphatic hydroxyl groups excluding tert-OH is 2. The third-order valence-electron chi connectivity index (χ3n) is 3.12. The fraction of sp³-hybridized carbons (Fsp3) is 0.500. The zero-order valence-corrected chi connectivity index (χ0v) is 12.0. The van der Waals surface area contributed by atoms with Gasteiger partial charge >= 0.3 is 11.9 Å². The number of carbonyl (C=O) groups excluding carboxylic acids is 6. The summed E-state index contributed by atoms with van der Waals surface area (Å²) >= 11 is 0. The zero-order valence-electron chi connectivity index (χ0n) is 12.0. The van der Waals surface area contributed by atoms with E-state index in [0.29, 0.717) is 5.06 Å². The third kappa shape index (κ3) is 3.55. The highest BCUT2D eigenvalue weighted by Crippen LogP contribution is 2.14. The number of hydroxylamine groups is 4. The van der Waals surface area contributed by atoms with Crippen LogP contribution in [-0.2, 0) is 38.4 Å². The number of carbonyl (C=O) groups is 6. The van der Waals surface area contributed by atoms with Crippen molar-refractivity contribution in [3.63, 3.8) is 0 Å². The summed E-state index contributed by atoms with van der Waals surface area (Å²) in [7, 11) is 0. The Morgan fingerprint density at radius 2 is 1.38 bits per heavy atom. The first kappa shape index (κ1) is 17.5. The molecule has 12 heteroatoms. The van der Waals surface area contributed by atoms with Crippen molar-refractivity contribution in [2.75, 3.05) is 6.54 Å². The van der Waals surface area contributed by atoms with E-state index in [-0.39, 0.29) is 17.9 Å². The Hall–Kier alpha value is -2.86. The van der Waals surface area contributed by atoms with Crippen LogP contribution in [0.2, 0.25) is 0 Å². The average Bonchev–Trinajstić information content (AvgIpc) is 3.00. The SMILES string of the molecule is O=C1CC(=O)N(OC(=O)[C@H](O)[C@H](O)C(=O)ON2C(=O)CCC2=O)C1. The van der Waals surface area contributed by atoms with E-state index < -0.39 is 60.6 Å². The van der Waals surface area contributed by atoms with Crippen LogP contribution in [0.5, 0.6) is 0 Å². The van der Waals surface area contributed by atoms with E-state index >= 15 is 0 Å². The van der Waals surface area contributed by atoms with Gasteiger partial charge in [0.25, 0.3) is 17.7 Å². The van der Waals surface area contributed by atoms with Crippen LogP contribution < -0.4 is 0 Å². The summed E-state index contributed by atoms with van der Waals surface area (Å²) in [6.07, 6.45) is -5.79. The van der Waals surface area contributed by atoms with E-state index in [4.69, 9.17) is 0 Å². The number of imide groups is 1. The molecule has 24 heavy (non-hydrogen) atoms. The van der Waals surface area contributed by atoms with Gasteiger partial charge in [0.2, 0.25) is 0 Å². The molecule has 130 valence electrons. The van der Waals surface area contributed by atoms with Gasteiger partial charge in [-0.3, -0.25) is 19.2 Å². The fourth-order valence-corrected chi connectivity index (χ4v) is 1.87. The number of hydrogen-bond donors (Lipinski definition) is 2. The average molecular weight is 344 g/mol. The number of hydrogen-bond acceptors (Lipinski definition) is 10. The van der Waals surface area contributed by atoms with Gasteiger partial charge in [-0.2, -0.15) is 5.06 Å². The van der Waals surface area contributed by atoms with Crippen molar-refractivity contribution in [1.82, 2.24) is 10.1 Å². The molecule has 0 saturated carbocycles. The van der Waals surface area contributed by atoms with E-state index in [9.17, 15) is 39.0 Å². The summed E-state index contributed by atoms with van der Waals surface area (Å²) in [6, 6.07) is 0. The Balaban J connectivity index is 1.91. The molecule has 2 rings (SSSR count). The topological polar surface area (TPSA) is 168 Å². The second-order valence-corrected chi connectivity index (χ2v) is 4.94. The van der Waals surface area contributed by atoms with Crippen molar-refractivity contribution in [1.29, 1.82) is 0 Å². The molecule has 2 aliphatic heterocycles. The molecule has 3 amide bonds. The molecule has 2 saturated heterocycles. The fourth-order valence-electron chi connectivity index (χ4n) is 1.87. The van der Waals surface area contributed by atoms with Crippen LogP contribution >= 0.6 is 0 Å². The molecule has 2 atom stereocenters. The molecule has 0 radical (unpaired) electrons. The first-order chi connectivity index (χ1) is 11.2. The van der Waals surface area contributed by atoms with Crippen LogP contribution in [0, 0.1) is 0 Å². The minimum atomic E-state index is -2.48. The van der Waals surface area contributed by atoms with Crippen LogP contribution in [-0.4, -0.2) is 74.5 Å². The lowest BCUT2D eigenvalue weighted by Gasteiger charge is -2.20. The lowest BCUT2D eigenvalue weighted by molar-refractivity contribution is -0.215. The molecule has 0 spiro atoms. The van der Waals surface area contributed by atoms with E-state index in [0.717, 1.165) is 0 Å². The quantitative estimate of drug-likeness (QED) is 0.378. The maximum absolute atomic E-state index is 11.6. The van der Waals surface area contributed by atoms with Crippen LogP contribution in [0.1, 0.15) is 19.3 Å². The Morgan fingerprint density at radius 1 is 0.875 bits per heavy atom. The molecule has 2 aliphatic rings. The van der Waals surface area contributed by atoms with Crippen LogP contribution in [0.25, 0.3) is 0 Å². The number of aliphatic hydroxyl groups is 2. The summed E-state index contributed by atoms with van der Waals surface area (Å²) in [5, 5.41) is 19.6. The molecule has 0 bridgehead atoms. The lowest BCUT2D eigenvalue weighted by atomic mass is 10.2. The molecule has 12 nitrogen and oxygen atoms in total. The number of nitrogens with zero attached hydrogens (tertiary/aromatic N) is 2. The van der Waals surface area contributed by atoms with E-state index in [1.54, 1.807) is 0 Å². The van der Waals surface area contributed by atoms with Crippen LogP contribution in [0.15, 0.2) is 0 Å². The summed E-state index contributed by atoms with van der Waals surface area (Å²) in [5.74, 6) is -6.23. The standard InChI is InChI=1S/C12H12N2O10/c15-5-3-8(18)13(4-5)23-11(21)9(19)10(20)12(22)24-14-6(16)1-2-7(14)17/h9-10,19-20H,1-4H2/t9-,10+/m1/s1. The summed E-state index contributed by atoms with van der Waals surface area (Å²) in [6.45, 7) is -0.519. The molecule has 0 aromatic rings. The number of amides is 3. The van der Waals surface area contributed by atoms with Gasteiger partial charge in [0.15, 0.2) is 18.0 Å². The maximum atomic E-state index is 11.6. The van der Waals surface area contributed by atoms with Gasteiger partial charge < -0.3 is 19.9 Å². The van der Waals surface area contributed by atoms with Crippen molar-refractivity contribution in [3.05, 3.63) is 0 Å². The summed E-state index contributed by atoms with van der Waals surface area (Å²) in [4.78, 5) is 76.6. The molecular formula is C12H12N2O10. The molecule has 0 aromatic heterocycles. The van der Waals surface area contributed by atoms with Crippen molar-refractivity contribution < 1.29 is 48.7 Å². The predicted octanol–water partition coefficient (Wildman–Crippen LogP) is -3.42. The summed E-state index contributed by atoms with van der Waals surface area (Å²) < 4.78 is 0. The van der Waals surface area contributed by atoms with Gasteiger partial charge in [0.05, 0.1) is 6.42 Å². The second kappa shape index (κ2) is 6.72. The number of rotatable bonds is 5. The van der Waals surface area contributed by atoms with Crippen molar-refractivity contribution in [2.45, 2.75) is 31.5 Å². The van der Waals surface area contributed by atoms with Crippen molar-refractivity contribution in [3.8, 4) is 0 Å². The minimum Gasteiger partial charge on any atom is -0.379 e. The third-order valence-corrected chi connectivity index (χ3v) is 3.12. The van der Waals surface area contributed by atoms with E-state index in [1.165, 1.54) is 0 Å². The maximum Gasteiger partial charge on any atom is 0.364 e. The van der Waals surface area contributed by atoms with Gasteiger partial charge in [0, 0.05) is 12.8 Å². The monoisotopic (exact) mass is 344 g/mol. The molecule has 0 aromatic carbocycles. The molecular weight excluding hydrogens is 332 g/mol. The van der Waals surface area contributed by atoms with E-state index in [2.05, 4.69) is 9.68 Å². The Bertz CT molecular complexity index is 613. The molecule has 2 fully saturated rings. The molecule has 0 aliphatic carbocycles. The van der Waals surface area contributed by atoms with E-state index in [1.807, 2.05) is 0 Å². The highest BCUT2D eigenvalue weighted by Gasteiger charge is 2.40. The highest BCUT2D eigenvalue weighted by molar-refractivity contribution is 6.05. The Labute approximate surface area is 133 Å². The first-order valence-corrected chi connectivity index (χ1v) is 6.68. The smallest absolute Gasteiger partial charge is 0.364 e. The molecule has 0 unspecified atom stereocenters. The van der Waals surface area contributed by atoms with Crippen molar-refractivity contribution >= 4 is 35.4 Å². The number of ketones is 1. The van der Waals surface area contributed by atoms with Crippen LogP contribution in [0.3, 0.4) is 0 Å². The normalized spacial score (nSPS) is 20.4. The molecule has 2 N–H and O–H groups in total. The lowest BCUT2D eigenvalue weighted by Crippen LogP contribution is -2.46. The van der Waals surface area contributed by atoms with Gasteiger partial charge in [-0.05, 0) is 0 Å². The largest absolute Gasteiger partial charge is 0.379 e. The first-order valence-electron chi connectivity index (χ1n) is 6.68. The predicted molar refractivity (Wildman–Crippen MR) is 66.6 cm³/mol. The minimum absolute atomic E-state index is 0.117.